The van der Waals surface area contributed by atoms with Crippen LogP contribution in [0.4, 0.5) is 0 Å². The number of benzene rings is 2. The first-order valence-electron chi connectivity index (χ1n) is 8.26. The van der Waals surface area contributed by atoms with Gasteiger partial charge < -0.3 is 19.8 Å². The standard InChI is InChI=1S/C20H19N3O4/c1-26-15-9-7-13(8-10-15)16-11-17(23-20(25)22-16)19(24)21-12-14-5-3-4-6-18(14)27-2/h3-11H,12H2,1-2H3,(H,21,24)(H,22,23,25). The number of aromatic nitrogens is 2. The maximum atomic E-state index is 12.5. The topological polar surface area (TPSA) is 93.3 Å². The molecule has 3 rings (SSSR count). The quantitative estimate of drug-likeness (QED) is 0.700. The summed E-state index contributed by atoms with van der Waals surface area (Å²) >= 11 is 0. The molecule has 3 aromatic rings. The number of rotatable bonds is 6. The highest BCUT2D eigenvalue weighted by atomic mass is 16.5. The van der Waals surface area contributed by atoms with Crippen LogP contribution in [0.1, 0.15) is 16.1 Å². The van der Waals surface area contributed by atoms with E-state index in [1.54, 1.807) is 44.6 Å². The molecule has 0 aliphatic rings. The first kappa shape index (κ1) is 18.2. The van der Waals surface area contributed by atoms with E-state index < -0.39 is 11.6 Å². The van der Waals surface area contributed by atoms with E-state index in [-0.39, 0.29) is 12.2 Å². The number of ether oxygens (including phenoxy) is 2. The largest absolute Gasteiger partial charge is 0.497 e. The Balaban J connectivity index is 1.80. The number of carbonyl (C=O) groups excluding carboxylic acids is 1. The third-order valence-electron chi connectivity index (χ3n) is 4.01. The van der Waals surface area contributed by atoms with Crippen LogP contribution in [0.2, 0.25) is 0 Å². The summed E-state index contributed by atoms with van der Waals surface area (Å²) in [4.78, 5) is 30.8. The average Bonchev–Trinajstić information content (AvgIpc) is 2.71. The molecule has 0 aliphatic heterocycles. The monoisotopic (exact) mass is 365 g/mol. The van der Waals surface area contributed by atoms with Crippen molar-refractivity contribution in [2.45, 2.75) is 6.54 Å². The zero-order chi connectivity index (χ0) is 19.2. The Kier molecular flexibility index (Phi) is 5.51. The maximum Gasteiger partial charge on any atom is 0.346 e. The van der Waals surface area contributed by atoms with Crippen LogP contribution < -0.4 is 20.5 Å². The molecule has 7 heteroatoms. The van der Waals surface area contributed by atoms with E-state index in [2.05, 4.69) is 15.3 Å². The molecule has 0 saturated heterocycles. The van der Waals surface area contributed by atoms with Gasteiger partial charge in [-0.2, -0.15) is 4.98 Å². The predicted molar refractivity (Wildman–Crippen MR) is 101 cm³/mol. The SMILES string of the molecule is COc1ccc(-c2cc(C(=O)NCc3ccccc3OC)[nH]c(=O)n2)cc1. The van der Waals surface area contributed by atoms with Crippen molar-refractivity contribution in [3.05, 3.63) is 76.3 Å². The fraction of sp³-hybridized carbons (Fsp3) is 0.150. The average molecular weight is 365 g/mol. The van der Waals surface area contributed by atoms with Gasteiger partial charge in [-0.05, 0) is 36.4 Å². The van der Waals surface area contributed by atoms with Gasteiger partial charge >= 0.3 is 5.69 Å². The molecule has 0 fully saturated rings. The summed E-state index contributed by atoms with van der Waals surface area (Å²) in [5.74, 6) is 0.966. The number of H-pyrrole nitrogens is 1. The summed E-state index contributed by atoms with van der Waals surface area (Å²) in [6, 6.07) is 16.0. The lowest BCUT2D eigenvalue weighted by Crippen LogP contribution is -2.27. The number of methoxy groups -OCH3 is 2. The number of nitrogens with zero attached hydrogens (tertiary/aromatic N) is 1. The summed E-state index contributed by atoms with van der Waals surface area (Å²) in [5, 5.41) is 2.78. The van der Waals surface area contributed by atoms with Crippen LogP contribution in [0.3, 0.4) is 0 Å². The number of hydrogen-bond donors (Lipinski definition) is 2. The number of hydrogen-bond acceptors (Lipinski definition) is 5. The fourth-order valence-corrected chi connectivity index (χ4v) is 2.61. The molecule has 27 heavy (non-hydrogen) atoms. The van der Waals surface area contributed by atoms with Gasteiger partial charge in [-0.1, -0.05) is 18.2 Å². The van der Waals surface area contributed by atoms with E-state index in [1.807, 2.05) is 24.3 Å². The fourth-order valence-electron chi connectivity index (χ4n) is 2.61. The second-order valence-electron chi connectivity index (χ2n) is 5.71. The summed E-state index contributed by atoms with van der Waals surface area (Å²) in [7, 11) is 3.15. The van der Waals surface area contributed by atoms with E-state index in [0.29, 0.717) is 22.8 Å². The smallest absolute Gasteiger partial charge is 0.346 e. The minimum absolute atomic E-state index is 0.135. The Hall–Kier alpha value is -3.61. The van der Waals surface area contributed by atoms with Crippen molar-refractivity contribution in [3.8, 4) is 22.8 Å². The molecule has 1 aromatic heterocycles. The van der Waals surface area contributed by atoms with Gasteiger partial charge in [0, 0.05) is 17.7 Å². The number of para-hydroxylation sites is 1. The van der Waals surface area contributed by atoms with Gasteiger partial charge in [-0.25, -0.2) is 4.79 Å². The van der Waals surface area contributed by atoms with E-state index >= 15 is 0 Å². The van der Waals surface area contributed by atoms with Gasteiger partial charge in [0.1, 0.15) is 17.2 Å². The molecule has 1 amide bonds. The summed E-state index contributed by atoms with van der Waals surface area (Å²) in [5.41, 5.74) is 1.49. The lowest BCUT2D eigenvalue weighted by atomic mass is 10.1. The third kappa shape index (κ3) is 4.33. The first-order chi connectivity index (χ1) is 13.1. The Morgan fingerprint density at radius 1 is 1.07 bits per heavy atom. The number of aromatic amines is 1. The molecule has 2 N–H and O–H groups in total. The molecular weight excluding hydrogens is 346 g/mol. The third-order valence-corrected chi connectivity index (χ3v) is 4.01. The highest BCUT2D eigenvalue weighted by Crippen LogP contribution is 2.20. The number of nitrogens with one attached hydrogen (secondary N) is 2. The Morgan fingerprint density at radius 3 is 2.52 bits per heavy atom. The minimum Gasteiger partial charge on any atom is -0.497 e. The van der Waals surface area contributed by atoms with E-state index in [9.17, 15) is 9.59 Å². The van der Waals surface area contributed by atoms with Crippen molar-refractivity contribution < 1.29 is 14.3 Å². The molecule has 0 atom stereocenters. The lowest BCUT2D eigenvalue weighted by Gasteiger charge is -2.10. The van der Waals surface area contributed by atoms with Crippen LogP contribution in [0.25, 0.3) is 11.3 Å². The molecule has 1 heterocycles. The minimum atomic E-state index is -0.592. The molecule has 0 aliphatic carbocycles. The van der Waals surface area contributed by atoms with E-state index in [0.717, 1.165) is 5.56 Å². The number of amides is 1. The Morgan fingerprint density at radius 2 is 1.81 bits per heavy atom. The molecular formula is C20H19N3O4. The molecule has 0 spiro atoms. The van der Waals surface area contributed by atoms with Gasteiger partial charge in [-0.3, -0.25) is 4.79 Å². The molecule has 0 radical (unpaired) electrons. The molecule has 2 aromatic carbocycles. The predicted octanol–water partition coefficient (Wildman–Crippen LogP) is 2.38. The van der Waals surface area contributed by atoms with Crippen LogP contribution in [0, 0.1) is 0 Å². The van der Waals surface area contributed by atoms with E-state index in [4.69, 9.17) is 9.47 Å². The lowest BCUT2D eigenvalue weighted by molar-refractivity contribution is 0.0945. The highest BCUT2D eigenvalue weighted by Gasteiger charge is 2.12. The molecule has 138 valence electrons. The molecule has 0 unspecified atom stereocenters. The summed E-state index contributed by atoms with van der Waals surface area (Å²) in [6.07, 6.45) is 0. The van der Waals surface area contributed by atoms with Gasteiger partial charge in [0.15, 0.2) is 0 Å². The Bertz CT molecular complexity index is 997. The highest BCUT2D eigenvalue weighted by molar-refractivity contribution is 5.93. The molecule has 0 saturated carbocycles. The van der Waals surface area contributed by atoms with Crippen LogP contribution >= 0.6 is 0 Å². The van der Waals surface area contributed by atoms with Gasteiger partial charge in [0.05, 0.1) is 19.9 Å². The van der Waals surface area contributed by atoms with Gasteiger partial charge in [-0.15, -0.1) is 0 Å². The van der Waals surface area contributed by atoms with Crippen LogP contribution in [0.5, 0.6) is 11.5 Å². The van der Waals surface area contributed by atoms with E-state index in [1.165, 1.54) is 0 Å². The molecule has 0 bridgehead atoms. The van der Waals surface area contributed by atoms with Crippen molar-refractivity contribution in [3.63, 3.8) is 0 Å². The Labute approximate surface area is 156 Å². The zero-order valence-electron chi connectivity index (χ0n) is 15.0. The van der Waals surface area contributed by atoms with Crippen molar-refractivity contribution in [1.29, 1.82) is 0 Å². The van der Waals surface area contributed by atoms with Crippen molar-refractivity contribution in [2.75, 3.05) is 14.2 Å². The first-order valence-corrected chi connectivity index (χ1v) is 8.26. The number of carbonyl (C=O) groups is 1. The molecule has 7 nitrogen and oxygen atoms in total. The summed E-state index contributed by atoms with van der Waals surface area (Å²) < 4.78 is 10.4. The van der Waals surface area contributed by atoms with Crippen molar-refractivity contribution >= 4 is 5.91 Å². The maximum absolute atomic E-state index is 12.5. The second-order valence-corrected chi connectivity index (χ2v) is 5.71. The zero-order valence-corrected chi connectivity index (χ0v) is 15.0. The van der Waals surface area contributed by atoms with Crippen molar-refractivity contribution in [2.24, 2.45) is 0 Å². The van der Waals surface area contributed by atoms with Crippen LogP contribution in [0.15, 0.2) is 59.4 Å². The second kappa shape index (κ2) is 8.18. The van der Waals surface area contributed by atoms with Gasteiger partial charge in [0.25, 0.3) is 5.91 Å². The van der Waals surface area contributed by atoms with Gasteiger partial charge in [0.2, 0.25) is 0 Å². The van der Waals surface area contributed by atoms with Crippen molar-refractivity contribution in [1.82, 2.24) is 15.3 Å². The van der Waals surface area contributed by atoms with Crippen LogP contribution in [-0.4, -0.2) is 30.1 Å². The normalized spacial score (nSPS) is 10.3. The summed E-state index contributed by atoms with van der Waals surface area (Å²) in [6.45, 7) is 0.269. The van der Waals surface area contributed by atoms with Crippen LogP contribution in [-0.2, 0) is 6.54 Å².